The van der Waals surface area contributed by atoms with E-state index in [2.05, 4.69) is 9.97 Å². The topological polar surface area (TPSA) is 72.2 Å². The Kier molecular flexibility index (Phi) is 4.47. The number of pyridine rings is 2. The van der Waals surface area contributed by atoms with Gasteiger partial charge < -0.3 is 4.90 Å². The van der Waals surface area contributed by atoms with Gasteiger partial charge in [0.15, 0.2) is 0 Å². The lowest BCUT2D eigenvalue weighted by Crippen LogP contribution is -2.24. The molecule has 6 nitrogen and oxygen atoms in total. The van der Waals surface area contributed by atoms with Crippen LogP contribution in [0.5, 0.6) is 0 Å². The summed E-state index contributed by atoms with van der Waals surface area (Å²) in [7, 11) is 0. The van der Waals surface area contributed by atoms with Crippen molar-refractivity contribution in [1.29, 1.82) is 0 Å². The van der Waals surface area contributed by atoms with Crippen LogP contribution in [0, 0.1) is 10.1 Å². The van der Waals surface area contributed by atoms with E-state index >= 15 is 0 Å². The first-order valence-corrected chi connectivity index (χ1v) is 6.44. The highest BCUT2D eigenvalue weighted by atomic mass is 35.5. The summed E-state index contributed by atoms with van der Waals surface area (Å²) in [6, 6.07) is 6.54. The first kappa shape index (κ1) is 14.2. The Bertz CT molecular complexity index is 604. The second kappa shape index (κ2) is 6.29. The van der Waals surface area contributed by atoms with E-state index in [4.69, 9.17) is 11.6 Å². The van der Waals surface area contributed by atoms with Gasteiger partial charge >= 0.3 is 5.69 Å². The molecule has 0 aliphatic heterocycles. The van der Waals surface area contributed by atoms with Gasteiger partial charge in [0.1, 0.15) is 5.15 Å². The molecule has 0 aromatic carbocycles. The second-order valence-corrected chi connectivity index (χ2v) is 4.49. The third kappa shape index (κ3) is 3.21. The Balaban J connectivity index is 2.28. The van der Waals surface area contributed by atoms with Crippen LogP contribution in [0.2, 0.25) is 5.15 Å². The lowest BCUT2D eigenvalue weighted by Gasteiger charge is -2.21. The fourth-order valence-electron chi connectivity index (χ4n) is 1.83. The van der Waals surface area contributed by atoms with Crippen molar-refractivity contribution in [3.05, 3.63) is 57.5 Å². The molecule has 0 unspecified atom stereocenters. The molecule has 20 heavy (non-hydrogen) atoms. The predicted octanol–water partition coefficient (Wildman–Crippen LogP) is 3.06. The standard InChI is InChI=1S/C13H13ClN4O2/c1-2-17(9-10-5-6-12(14)16-8-10)13-11(18(19)20)4-3-7-15-13/h3-8H,2,9H2,1H3. The molecule has 0 saturated carbocycles. The highest BCUT2D eigenvalue weighted by Crippen LogP contribution is 2.26. The minimum absolute atomic E-state index is 0.00345. The molecule has 2 heterocycles. The van der Waals surface area contributed by atoms with E-state index in [0.717, 1.165) is 5.56 Å². The molecule has 0 atom stereocenters. The molecule has 0 fully saturated rings. The summed E-state index contributed by atoms with van der Waals surface area (Å²) in [6.45, 7) is 3.00. The van der Waals surface area contributed by atoms with Gasteiger partial charge in [0.25, 0.3) is 0 Å². The van der Waals surface area contributed by atoms with Gasteiger partial charge in [-0.15, -0.1) is 0 Å². The molecule has 104 valence electrons. The predicted molar refractivity (Wildman–Crippen MR) is 76.9 cm³/mol. The van der Waals surface area contributed by atoms with E-state index in [1.165, 1.54) is 6.07 Å². The number of hydrogen-bond acceptors (Lipinski definition) is 5. The summed E-state index contributed by atoms with van der Waals surface area (Å²) < 4.78 is 0. The van der Waals surface area contributed by atoms with E-state index in [1.54, 1.807) is 24.5 Å². The zero-order valence-corrected chi connectivity index (χ0v) is 11.6. The van der Waals surface area contributed by atoms with Crippen LogP contribution in [0.3, 0.4) is 0 Å². The molecule has 2 rings (SSSR count). The van der Waals surface area contributed by atoms with Crippen LogP contribution in [0.4, 0.5) is 11.5 Å². The SMILES string of the molecule is CCN(Cc1ccc(Cl)nc1)c1ncccc1[N+](=O)[O-]. The van der Waals surface area contributed by atoms with Crippen LogP contribution < -0.4 is 4.90 Å². The molecule has 2 aromatic heterocycles. The van der Waals surface area contributed by atoms with E-state index in [-0.39, 0.29) is 5.69 Å². The van der Waals surface area contributed by atoms with E-state index in [1.807, 2.05) is 17.9 Å². The molecule has 0 saturated heterocycles. The average molecular weight is 293 g/mol. The number of hydrogen-bond donors (Lipinski definition) is 0. The molecular weight excluding hydrogens is 280 g/mol. The lowest BCUT2D eigenvalue weighted by atomic mass is 10.2. The third-order valence-corrected chi connectivity index (χ3v) is 3.03. The highest BCUT2D eigenvalue weighted by molar-refractivity contribution is 6.29. The molecule has 0 N–H and O–H groups in total. The van der Waals surface area contributed by atoms with Crippen LogP contribution in [0.1, 0.15) is 12.5 Å². The summed E-state index contributed by atoms with van der Waals surface area (Å²) in [4.78, 5) is 20.6. The Hall–Kier alpha value is -2.21. The minimum Gasteiger partial charge on any atom is -0.347 e. The van der Waals surface area contributed by atoms with Gasteiger partial charge in [-0.2, -0.15) is 0 Å². The van der Waals surface area contributed by atoms with Crippen molar-refractivity contribution in [3.63, 3.8) is 0 Å². The van der Waals surface area contributed by atoms with Gasteiger partial charge in [-0.3, -0.25) is 10.1 Å². The van der Waals surface area contributed by atoms with Crippen LogP contribution in [0.25, 0.3) is 0 Å². The Morgan fingerprint density at radius 3 is 2.75 bits per heavy atom. The molecule has 2 aromatic rings. The fraction of sp³-hybridized carbons (Fsp3) is 0.231. The van der Waals surface area contributed by atoms with Gasteiger partial charge in [0.2, 0.25) is 5.82 Å². The maximum atomic E-state index is 11.0. The number of rotatable bonds is 5. The lowest BCUT2D eigenvalue weighted by molar-refractivity contribution is -0.384. The molecule has 7 heteroatoms. The first-order valence-electron chi connectivity index (χ1n) is 6.06. The number of nitro groups is 1. The van der Waals surface area contributed by atoms with Gasteiger partial charge in [0.05, 0.1) is 4.92 Å². The Morgan fingerprint density at radius 1 is 1.35 bits per heavy atom. The zero-order chi connectivity index (χ0) is 14.5. The van der Waals surface area contributed by atoms with Crippen molar-refractivity contribution in [2.75, 3.05) is 11.4 Å². The van der Waals surface area contributed by atoms with Crippen molar-refractivity contribution >= 4 is 23.1 Å². The number of halogens is 1. The Labute approximate surface area is 121 Å². The second-order valence-electron chi connectivity index (χ2n) is 4.11. The maximum absolute atomic E-state index is 11.0. The summed E-state index contributed by atoms with van der Waals surface area (Å²) in [5, 5.41) is 11.5. The fourth-order valence-corrected chi connectivity index (χ4v) is 1.94. The number of aromatic nitrogens is 2. The monoisotopic (exact) mass is 292 g/mol. The van der Waals surface area contributed by atoms with Gasteiger partial charge in [-0.25, -0.2) is 9.97 Å². The summed E-state index contributed by atoms with van der Waals surface area (Å²) in [6.07, 6.45) is 3.20. The van der Waals surface area contributed by atoms with Crippen molar-refractivity contribution in [2.24, 2.45) is 0 Å². The first-order chi connectivity index (χ1) is 9.61. The molecule has 0 spiro atoms. The van der Waals surface area contributed by atoms with Gasteiger partial charge in [-0.05, 0) is 24.6 Å². The van der Waals surface area contributed by atoms with E-state index in [9.17, 15) is 10.1 Å². The summed E-state index contributed by atoms with van der Waals surface area (Å²) in [5.74, 6) is 0.356. The molecule has 0 amide bonds. The van der Waals surface area contributed by atoms with Gasteiger partial charge in [-0.1, -0.05) is 17.7 Å². The minimum atomic E-state index is -0.425. The van der Waals surface area contributed by atoms with E-state index in [0.29, 0.717) is 24.1 Å². The third-order valence-electron chi connectivity index (χ3n) is 2.81. The zero-order valence-electron chi connectivity index (χ0n) is 10.9. The van der Waals surface area contributed by atoms with Crippen LogP contribution in [0.15, 0.2) is 36.7 Å². The summed E-state index contributed by atoms with van der Waals surface area (Å²) >= 11 is 5.74. The van der Waals surface area contributed by atoms with Crippen molar-refractivity contribution in [1.82, 2.24) is 9.97 Å². The normalized spacial score (nSPS) is 10.3. The van der Waals surface area contributed by atoms with Crippen molar-refractivity contribution < 1.29 is 4.92 Å². The largest absolute Gasteiger partial charge is 0.347 e. The molecular formula is C13H13ClN4O2. The molecule has 0 aliphatic carbocycles. The van der Waals surface area contributed by atoms with Crippen LogP contribution >= 0.6 is 11.6 Å². The quantitative estimate of drug-likeness (QED) is 0.481. The average Bonchev–Trinajstić information content (AvgIpc) is 2.46. The summed E-state index contributed by atoms with van der Waals surface area (Å²) in [5.41, 5.74) is 0.910. The van der Waals surface area contributed by atoms with Crippen molar-refractivity contribution in [2.45, 2.75) is 13.5 Å². The highest BCUT2D eigenvalue weighted by Gasteiger charge is 2.19. The maximum Gasteiger partial charge on any atom is 0.311 e. The molecule has 0 bridgehead atoms. The smallest absolute Gasteiger partial charge is 0.311 e. The number of nitrogens with zero attached hydrogens (tertiary/aromatic N) is 4. The molecule has 0 radical (unpaired) electrons. The van der Waals surface area contributed by atoms with Crippen LogP contribution in [-0.4, -0.2) is 21.4 Å². The Morgan fingerprint density at radius 2 is 2.15 bits per heavy atom. The van der Waals surface area contributed by atoms with E-state index < -0.39 is 4.92 Å². The van der Waals surface area contributed by atoms with Crippen LogP contribution in [-0.2, 0) is 6.54 Å². The van der Waals surface area contributed by atoms with Crippen molar-refractivity contribution in [3.8, 4) is 0 Å². The van der Waals surface area contributed by atoms with Gasteiger partial charge in [0, 0.05) is 31.5 Å². The molecule has 0 aliphatic rings. The number of anilines is 1.